The summed E-state index contributed by atoms with van der Waals surface area (Å²) in [5, 5.41) is 14.3. The first-order chi connectivity index (χ1) is 11.2. The summed E-state index contributed by atoms with van der Waals surface area (Å²) in [6, 6.07) is 10.6. The summed E-state index contributed by atoms with van der Waals surface area (Å²) in [4.78, 5) is 2.47. The topological polar surface area (TPSA) is 41.3 Å². The molecule has 2 heterocycles. The average Bonchev–Trinajstić information content (AvgIpc) is 2.99. The van der Waals surface area contributed by atoms with Gasteiger partial charge in [0.1, 0.15) is 0 Å². The van der Waals surface area contributed by atoms with Gasteiger partial charge in [0.05, 0.1) is 6.20 Å². The highest BCUT2D eigenvalue weighted by atomic mass is 16.3. The van der Waals surface area contributed by atoms with Gasteiger partial charge in [-0.1, -0.05) is 30.3 Å². The van der Waals surface area contributed by atoms with Crippen LogP contribution in [0.1, 0.15) is 30.4 Å². The van der Waals surface area contributed by atoms with Crippen LogP contribution < -0.4 is 0 Å². The summed E-state index contributed by atoms with van der Waals surface area (Å²) in [5.41, 5.74) is 2.66. The minimum Gasteiger partial charge on any atom is -0.396 e. The molecular formula is C19H27N3O. The molecule has 3 rings (SSSR count). The summed E-state index contributed by atoms with van der Waals surface area (Å²) in [6.45, 7) is 3.30. The molecule has 1 aliphatic heterocycles. The summed E-state index contributed by atoms with van der Waals surface area (Å²) < 4.78 is 1.86. The third kappa shape index (κ3) is 4.21. The number of rotatable bonds is 6. The molecule has 1 aromatic heterocycles. The number of aryl methyl sites for hydroxylation is 2. The summed E-state index contributed by atoms with van der Waals surface area (Å²) >= 11 is 0. The molecule has 1 aliphatic rings. The van der Waals surface area contributed by atoms with Crippen molar-refractivity contribution in [3.8, 4) is 0 Å². The Hall–Kier alpha value is -1.65. The van der Waals surface area contributed by atoms with E-state index in [2.05, 4.69) is 46.5 Å². The van der Waals surface area contributed by atoms with Gasteiger partial charge in [-0.3, -0.25) is 9.58 Å². The zero-order valence-electron chi connectivity index (χ0n) is 14.0. The largest absolute Gasteiger partial charge is 0.396 e. The van der Waals surface area contributed by atoms with Crippen LogP contribution in [0.5, 0.6) is 0 Å². The minimum absolute atomic E-state index is 0.0380. The Labute approximate surface area is 138 Å². The number of nitrogens with zero attached hydrogens (tertiary/aromatic N) is 3. The SMILES string of the molecule is Cn1cc(CN2CCC[C@@](CO)(CCc3ccccc3)C2)cn1. The highest BCUT2D eigenvalue weighted by Gasteiger charge is 2.34. The third-order valence-electron chi connectivity index (χ3n) is 5.03. The first-order valence-corrected chi connectivity index (χ1v) is 8.54. The Morgan fingerprint density at radius 3 is 2.74 bits per heavy atom. The van der Waals surface area contributed by atoms with Gasteiger partial charge in [-0.15, -0.1) is 0 Å². The van der Waals surface area contributed by atoms with E-state index in [4.69, 9.17) is 0 Å². The van der Waals surface area contributed by atoms with Crippen LogP contribution in [0.15, 0.2) is 42.7 Å². The van der Waals surface area contributed by atoms with Crippen molar-refractivity contribution in [1.29, 1.82) is 0 Å². The zero-order chi connectivity index (χ0) is 16.1. The van der Waals surface area contributed by atoms with Crippen LogP contribution in [0.2, 0.25) is 0 Å². The van der Waals surface area contributed by atoms with Crippen LogP contribution in [0.25, 0.3) is 0 Å². The number of piperidine rings is 1. The molecule has 0 spiro atoms. The molecule has 1 atom stereocenters. The second kappa shape index (κ2) is 7.28. The van der Waals surface area contributed by atoms with Crippen molar-refractivity contribution in [3.63, 3.8) is 0 Å². The number of hydrogen-bond donors (Lipinski definition) is 1. The minimum atomic E-state index is 0.0380. The summed E-state index contributed by atoms with van der Waals surface area (Å²) in [6.07, 6.45) is 8.41. The van der Waals surface area contributed by atoms with Gasteiger partial charge in [0.25, 0.3) is 0 Å². The van der Waals surface area contributed by atoms with Crippen LogP contribution in [0, 0.1) is 5.41 Å². The molecule has 1 fully saturated rings. The lowest BCUT2D eigenvalue weighted by atomic mass is 9.76. The Morgan fingerprint density at radius 1 is 1.22 bits per heavy atom. The normalized spacial score (nSPS) is 22.3. The summed E-state index contributed by atoms with van der Waals surface area (Å²) in [5.74, 6) is 0. The Bertz CT molecular complexity index is 610. The van der Waals surface area contributed by atoms with Crippen molar-refractivity contribution in [2.75, 3.05) is 19.7 Å². The predicted molar refractivity (Wildman–Crippen MR) is 92.0 cm³/mol. The molecule has 124 valence electrons. The van der Waals surface area contributed by atoms with Crippen LogP contribution in [-0.2, 0) is 20.0 Å². The molecule has 4 nitrogen and oxygen atoms in total. The predicted octanol–water partition coefficient (Wildman–Crippen LogP) is 2.63. The zero-order valence-corrected chi connectivity index (χ0v) is 14.0. The van der Waals surface area contributed by atoms with E-state index in [-0.39, 0.29) is 12.0 Å². The molecule has 0 saturated carbocycles. The van der Waals surface area contributed by atoms with Gasteiger partial charge in [0, 0.05) is 43.9 Å². The molecule has 1 saturated heterocycles. The molecule has 2 aromatic rings. The van der Waals surface area contributed by atoms with E-state index in [1.165, 1.54) is 11.1 Å². The van der Waals surface area contributed by atoms with Crippen LogP contribution >= 0.6 is 0 Å². The quantitative estimate of drug-likeness (QED) is 0.891. The third-order valence-corrected chi connectivity index (χ3v) is 5.03. The molecule has 4 heteroatoms. The lowest BCUT2D eigenvalue weighted by Gasteiger charge is -2.42. The summed E-state index contributed by atoms with van der Waals surface area (Å²) in [7, 11) is 1.96. The van der Waals surface area contributed by atoms with Crippen molar-refractivity contribution in [2.45, 2.75) is 32.2 Å². The van der Waals surface area contributed by atoms with E-state index < -0.39 is 0 Å². The van der Waals surface area contributed by atoms with Crippen molar-refractivity contribution < 1.29 is 5.11 Å². The molecule has 0 aliphatic carbocycles. The van der Waals surface area contributed by atoms with Crippen LogP contribution in [-0.4, -0.2) is 39.5 Å². The highest BCUT2D eigenvalue weighted by Crippen LogP contribution is 2.34. The van der Waals surface area contributed by atoms with E-state index in [1.54, 1.807) is 0 Å². The molecule has 1 aromatic carbocycles. The fourth-order valence-corrected chi connectivity index (χ4v) is 3.72. The maximum absolute atomic E-state index is 10.1. The molecule has 0 amide bonds. The Kier molecular flexibility index (Phi) is 5.13. The van der Waals surface area contributed by atoms with Gasteiger partial charge >= 0.3 is 0 Å². The second-order valence-electron chi connectivity index (χ2n) is 6.98. The monoisotopic (exact) mass is 313 g/mol. The molecule has 1 N–H and O–H groups in total. The van der Waals surface area contributed by atoms with E-state index in [1.807, 2.05) is 17.9 Å². The standard InChI is InChI=1S/C19H27N3O/c1-21-13-18(12-20-21)14-22-11-5-9-19(15-22,16-23)10-8-17-6-3-2-4-7-17/h2-4,6-7,12-13,23H,5,8-11,14-16H2,1H3/t19-/m1/s1. The maximum Gasteiger partial charge on any atom is 0.0534 e. The van der Waals surface area contributed by atoms with Crippen molar-refractivity contribution in [3.05, 3.63) is 53.9 Å². The molecule has 0 bridgehead atoms. The van der Waals surface area contributed by atoms with Gasteiger partial charge < -0.3 is 5.11 Å². The smallest absolute Gasteiger partial charge is 0.0534 e. The number of aliphatic hydroxyl groups is 1. The van der Waals surface area contributed by atoms with Gasteiger partial charge in [-0.25, -0.2) is 0 Å². The molecule has 0 radical (unpaired) electrons. The molecule has 0 unspecified atom stereocenters. The second-order valence-corrected chi connectivity index (χ2v) is 6.98. The Balaban J connectivity index is 1.61. The number of benzene rings is 1. The van der Waals surface area contributed by atoms with Gasteiger partial charge in [0.15, 0.2) is 0 Å². The van der Waals surface area contributed by atoms with Crippen molar-refractivity contribution >= 4 is 0 Å². The Morgan fingerprint density at radius 2 is 2.04 bits per heavy atom. The van der Waals surface area contributed by atoms with E-state index in [0.717, 1.165) is 45.3 Å². The van der Waals surface area contributed by atoms with Gasteiger partial charge in [0.2, 0.25) is 0 Å². The van der Waals surface area contributed by atoms with Gasteiger partial charge in [-0.05, 0) is 37.8 Å². The number of aromatic nitrogens is 2. The molecular weight excluding hydrogens is 286 g/mol. The maximum atomic E-state index is 10.1. The van der Waals surface area contributed by atoms with Gasteiger partial charge in [-0.2, -0.15) is 5.10 Å². The van der Waals surface area contributed by atoms with Crippen molar-refractivity contribution in [1.82, 2.24) is 14.7 Å². The first-order valence-electron chi connectivity index (χ1n) is 8.54. The fourth-order valence-electron chi connectivity index (χ4n) is 3.72. The van der Waals surface area contributed by atoms with Crippen LogP contribution in [0.4, 0.5) is 0 Å². The molecule has 23 heavy (non-hydrogen) atoms. The first kappa shape index (κ1) is 16.2. The fraction of sp³-hybridized carbons (Fsp3) is 0.526. The van der Waals surface area contributed by atoms with E-state index in [9.17, 15) is 5.11 Å². The number of aliphatic hydroxyl groups excluding tert-OH is 1. The van der Waals surface area contributed by atoms with Crippen LogP contribution in [0.3, 0.4) is 0 Å². The lowest BCUT2D eigenvalue weighted by Crippen LogP contribution is -2.45. The average molecular weight is 313 g/mol. The lowest BCUT2D eigenvalue weighted by molar-refractivity contribution is 0.0224. The van der Waals surface area contributed by atoms with E-state index >= 15 is 0 Å². The van der Waals surface area contributed by atoms with E-state index in [0.29, 0.717) is 0 Å². The highest BCUT2D eigenvalue weighted by molar-refractivity contribution is 5.15. The number of likely N-dealkylation sites (tertiary alicyclic amines) is 1. The number of hydrogen-bond acceptors (Lipinski definition) is 3. The van der Waals surface area contributed by atoms with Crippen molar-refractivity contribution in [2.24, 2.45) is 12.5 Å².